The van der Waals surface area contributed by atoms with E-state index in [-0.39, 0.29) is 29.3 Å². The molecule has 0 saturated heterocycles. The highest BCUT2D eigenvalue weighted by molar-refractivity contribution is 5.83. The number of ether oxygens (including phenoxy) is 3. The molecule has 9 nitrogen and oxygen atoms in total. The molecular weight excluding hydrogens is 498 g/mol. The smallest absolute Gasteiger partial charge is 0.220 e. The van der Waals surface area contributed by atoms with Gasteiger partial charge in [0.1, 0.15) is 0 Å². The van der Waals surface area contributed by atoms with Crippen LogP contribution in [0.2, 0.25) is 0 Å². The van der Waals surface area contributed by atoms with Crippen molar-refractivity contribution in [2.24, 2.45) is 0 Å². The van der Waals surface area contributed by atoms with Gasteiger partial charge in [-0.15, -0.1) is 0 Å². The van der Waals surface area contributed by atoms with Gasteiger partial charge in [-0.25, -0.2) is 0 Å². The Morgan fingerprint density at radius 1 is 1.00 bits per heavy atom. The molecule has 3 N–H and O–H groups in total. The minimum absolute atomic E-state index is 0.0649. The fourth-order valence-corrected chi connectivity index (χ4v) is 5.06. The molecular formula is C30H41N3O6. The maximum Gasteiger partial charge on any atom is 0.220 e. The summed E-state index contributed by atoms with van der Waals surface area (Å²) in [7, 11) is 4.72. The molecule has 1 atom stereocenters. The zero-order valence-corrected chi connectivity index (χ0v) is 23.9. The molecule has 1 aliphatic rings. The van der Waals surface area contributed by atoms with Crippen molar-refractivity contribution in [3.63, 3.8) is 0 Å². The summed E-state index contributed by atoms with van der Waals surface area (Å²) in [6.45, 7) is 5.98. The van der Waals surface area contributed by atoms with Gasteiger partial charge >= 0.3 is 0 Å². The summed E-state index contributed by atoms with van der Waals surface area (Å²) in [4.78, 5) is 37.2. The monoisotopic (exact) mass is 539 g/mol. The lowest BCUT2D eigenvalue weighted by molar-refractivity contribution is -0.122. The van der Waals surface area contributed by atoms with Gasteiger partial charge in [-0.05, 0) is 74.4 Å². The van der Waals surface area contributed by atoms with Crippen molar-refractivity contribution in [1.82, 2.24) is 10.6 Å². The van der Waals surface area contributed by atoms with Crippen LogP contribution in [-0.4, -0.2) is 45.7 Å². The number of hydrogen-bond donors (Lipinski definition) is 3. The van der Waals surface area contributed by atoms with Gasteiger partial charge in [-0.3, -0.25) is 14.4 Å². The minimum atomic E-state index is -0.350. The number of rotatable bonds is 12. The molecule has 0 fully saturated rings. The van der Waals surface area contributed by atoms with E-state index in [1.165, 1.54) is 6.92 Å². The first-order chi connectivity index (χ1) is 18.7. The van der Waals surface area contributed by atoms with Crippen molar-refractivity contribution in [2.45, 2.75) is 71.4 Å². The van der Waals surface area contributed by atoms with Crippen molar-refractivity contribution in [3.05, 3.63) is 45.6 Å². The van der Waals surface area contributed by atoms with Gasteiger partial charge in [0, 0.05) is 31.5 Å². The Balaban J connectivity index is 1.93. The summed E-state index contributed by atoms with van der Waals surface area (Å²) in [6, 6.07) is 7.03. The van der Waals surface area contributed by atoms with E-state index < -0.39 is 0 Å². The van der Waals surface area contributed by atoms with Gasteiger partial charge in [0.05, 0.1) is 33.1 Å². The van der Waals surface area contributed by atoms with Crippen LogP contribution in [0.3, 0.4) is 0 Å². The number of hydrogen-bond acceptors (Lipinski definition) is 7. The minimum Gasteiger partial charge on any atom is -0.493 e. The normalized spacial score (nSPS) is 14.0. The third kappa shape index (κ3) is 7.43. The van der Waals surface area contributed by atoms with E-state index in [1.54, 1.807) is 33.5 Å². The molecule has 3 rings (SSSR count). The predicted molar refractivity (Wildman–Crippen MR) is 153 cm³/mol. The molecule has 1 aliphatic carbocycles. The highest BCUT2D eigenvalue weighted by Crippen LogP contribution is 2.50. The maximum absolute atomic E-state index is 13.3. The maximum atomic E-state index is 13.3. The van der Waals surface area contributed by atoms with Crippen LogP contribution in [0.1, 0.15) is 70.0 Å². The highest BCUT2D eigenvalue weighted by atomic mass is 16.5. The molecule has 212 valence electrons. The Morgan fingerprint density at radius 3 is 2.38 bits per heavy atom. The lowest BCUT2D eigenvalue weighted by atomic mass is 9.95. The number of aryl methyl sites for hydroxylation is 1. The first-order valence-corrected chi connectivity index (χ1v) is 13.5. The van der Waals surface area contributed by atoms with Crippen LogP contribution in [0.4, 0.5) is 5.69 Å². The van der Waals surface area contributed by atoms with Crippen molar-refractivity contribution in [1.29, 1.82) is 0 Å². The molecule has 9 heteroatoms. The summed E-state index contributed by atoms with van der Waals surface area (Å²) in [5, 5.41) is 9.19. The van der Waals surface area contributed by atoms with Gasteiger partial charge in [0.25, 0.3) is 0 Å². The lowest BCUT2D eigenvalue weighted by Gasteiger charge is -2.19. The molecule has 0 aromatic heterocycles. The summed E-state index contributed by atoms with van der Waals surface area (Å²) in [6.07, 6.45) is 4.24. The van der Waals surface area contributed by atoms with Gasteiger partial charge in [-0.1, -0.05) is 12.5 Å². The van der Waals surface area contributed by atoms with Crippen LogP contribution in [0.5, 0.6) is 17.2 Å². The molecule has 2 aromatic carbocycles. The van der Waals surface area contributed by atoms with E-state index in [9.17, 15) is 14.4 Å². The van der Waals surface area contributed by atoms with Crippen LogP contribution in [-0.2, 0) is 16.0 Å². The summed E-state index contributed by atoms with van der Waals surface area (Å²) in [5.41, 5.74) is 3.63. The molecule has 0 unspecified atom stereocenters. The Labute approximate surface area is 230 Å². The standard InChI is InChI=1S/C30H41N3O6/c1-18(2)32-27(36)10-8-7-9-15-31-24-14-12-21-22(17-25(24)35)23(33-19(3)34)13-11-20-16-26(37-4)29(38-5)30(39-6)28(20)21/h12,14,16-18,23H,7-11,13,15H2,1-6H3,(H,31,35)(H,32,36)(H,33,34)/t23-/m1/s1. The van der Waals surface area contributed by atoms with Crippen LogP contribution in [0.25, 0.3) is 11.1 Å². The molecule has 2 amide bonds. The Morgan fingerprint density at radius 2 is 1.74 bits per heavy atom. The van der Waals surface area contributed by atoms with Crippen molar-refractivity contribution in [3.8, 4) is 28.4 Å². The fourth-order valence-electron chi connectivity index (χ4n) is 5.06. The number of methoxy groups -OCH3 is 3. The molecule has 0 spiro atoms. The van der Waals surface area contributed by atoms with Crippen LogP contribution in [0, 0.1) is 0 Å². The number of carbonyl (C=O) groups excluding carboxylic acids is 2. The summed E-state index contributed by atoms with van der Waals surface area (Å²) in [5.74, 6) is 1.44. The molecule has 0 bridgehead atoms. The van der Waals surface area contributed by atoms with Crippen LogP contribution in [0.15, 0.2) is 29.1 Å². The number of anilines is 1. The lowest BCUT2D eigenvalue weighted by Crippen LogP contribution is -2.29. The number of benzene rings is 1. The van der Waals surface area contributed by atoms with Crippen LogP contribution >= 0.6 is 0 Å². The quantitative estimate of drug-likeness (QED) is 0.343. The fraction of sp³-hybridized carbons (Fsp3) is 0.500. The van der Waals surface area contributed by atoms with E-state index in [4.69, 9.17) is 14.2 Å². The highest BCUT2D eigenvalue weighted by Gasteiger charge is 2.29. The third-order valence-corrected chi connectivity index (χ3v) is 6.76. The van der Waals surface area contributed by atoms with E-state index >= 15 is 0 Å². The number of amides is 2. The van der Waals surface area contributed by atoms with Gasteiger partial charge in [-0.2, -0.15) is 0 Å². The molecule has 2 aromatic rings. The zero-order chi connectivity index (χ0) is 28.5. The van der Waals surface area contributed by atoms with Crippen molar-refractivity contribution in [2.75, 3.05) is 33.2 Å². The number of carbonyl (C=O) groups is 2. The summed E-state index contributed by atoms with van der Waals surface area (Å²) >= 11 is 0. The van der Waals surface area contributed by atoms with Gasteiger partial charge in [0.15, 0.2) is 11.5 Å². The van der Waals surface area contributed by atoms with Crippen molar-refractivity contribution < 1.29 is 23.8 Å². The predicted octanol–water partition coefficient (Wildman–Crippen LogP) is 4.36. The van der Waals surface area contributed by atoms with E-state index in [2.05, 4.69) is 16.0 Å². The number of fused-ring (bicyclic) bond motifs is 3. The Kier molecular flexibility index (Phi) is 10.6. The first kappa shape index (κ1) is 29.8. The summed E-state index contributed by atoms with van der Waals surface area (Å²) < 4.78 is 17.0. The number of unbranched alkanes of at least 4 members (excludes halogenated alkanes) is 2. The second-order valence-electron chi connectivity index (χ2n) is 10.1. The largest absolute Gasteiger partial charge is 0.493 e. The van der Waals surface area contributed by atoms with E-state index in [1.807, 2.05) is 26.0 Å². The molecule has 0 aliphatic heterocycles. The second kappa shape index (κ2) is 13.9. The average molecular weight is 540 g/mol. The van der Waals surface area contributed by atoms with E-state index in [0.29, 0.717) is 48.7 Å². The van der Waals surface area contributed by atoms with Crippen LogP contribution < -0.4 is 35.6 Å². The molecule has 0 heterocycles. The van der Waals surface area contributed by atoms with Crippen molar-refractivity contribution >= 4 is 17.5 Å². The van der Waals surface area contributed by atoms with Gasteiger partial charge in [0.2, 0.25) is 23.0 Å². The third-order valence-electron chi connectivity index (χ3n) is 6.76. The topological polar surface area (TPSA) is 115 Å². The molecule has 0 radical (unpaired) electrons. The van der Waals surface area contributed by atoms with Gasteiger partial charge < -0.3 is 30.2 Å². The Hall–Kier alpha value is -3.75. The molecule has 39 heavy (non-hydrogen) atoms. The zero-order valence-electron chi connectivity index (χ0n) is 23.9. The second-order valence-corrected chi connectivity index (χ2v) is 10.1. The molecule has 0 saturated carbocycles. The average Bonchev–Trinajstić information content (AvgIpc) is 3.13. The number of nitrogens with one attached hydrogen (secondary N) is 3. The Bertz CT molecular complexity index is 1240. The van der Waals surface area contributed by atoms with E-state index in [0.717, 1.165) is 41.5 Å². The SMILES string of the molecule is COc1cc2c(c(OC)c1OC)-c1ccc(NCCCCCC(=O)NC(C)C)c(=O)cc1[C@H](NC(C)=O)CC2. The first-order valence-electron chi connectivity index (χ1n) is 13.5.